The fourth-order valence-corrected chi connectivity index (χ4v) is 4.36. The van der Waals surface area contributed by atoms with E-state index in [0.29, 0.717) is 23.8 Å². The number of nitrogens with zero attached hydrogens (tertiary/aromatic N) is 4. The van der Waals surface area contributed by atoms with Crippen LogP contribution in [-0.2, 0) is 13.1 Å². The Morgan fingerprint density at radius 3 is 2.29 bits per heavy atom. The number of piperazine rings is 1. The molecule has 1 saturated heterocycles. The highest BCUT2D eigenvalue weighted by atomic mass is 32.1. The molecule has 9 heteroatoms. The average Bonchev–Trinajstić information content (AvgIpc) is 3.21. The van der Waals surface area contributed by atoms with Gasteiger partial charge < -0.3 is 24.4 Å². The number of hydrogen-bond acceptors (Lipinski definition) is 7. The number of thiazole rings is 1. The quantitative estimate of drug-likeness (QED) is 0.493. The summed E-state index contributed by atoms with van der Waals surface area (Å²) in [6, 6.07) is 4.05. The van der Waals surface area contributed by atoms with Crippen LogP contribution in [0.1, 0.15) is 22.4 Å². The van der Waals surface area contributed by atoms with Gasteiger partial charge in [0.1, 0.15) is 5.01 Å². The summed E-state index contributed by atoms with van der Waals surface area (Å²) in [5, 5.41) is 4.47. The SMILES string of the molecule is CCNC(=NCc1ncc(C)s1)N1CCN(Cc2cc(OC)c(OC)c(OC)c2)CC1. The third-order valence-corrected chi connectivity index (χ3v) is 6.07. The highest BCUT2D eigenvalue weighted by Crippen LogP contribution is 2.38. The Labute approximate surface area is 188 Å². The minimum atomic E-state index is 0.618. The molecule has 1 aliphatic heterocycles. The van der Waals surface area contributed by atoms with Crippen LogP contribution in [0, 0.1) is 6.92 Å². The largest absolute Gasteiger partial charge is 0.493 e. The Balaban J connectivity index is 1.61. The maximum atomic E-state index is 5.49. The van der Waals surface area contributed by atoms with Gasteiger partial charge in [-0.05, 0) is 31.5 Å². The second-order valence-corrected chi connectivity index (χ2v) is 8.65. The maximum absolute atomic E-state index is 5.49. The van der Waals surface area contributed by atoms with Crippen molar-refractivity contribution in [2.75, 3.05) is 54.1 Å². The summed E-state index contributed by atoms with van der Waals surface area (Å²) in [6.45, 7) is 10.2. The molecular formula is C22H33N5O3S. The van der Waals surface area contributed by atoms with Crippen molar-refractivity contribution in [3.63, 3.8) is 0 Å². The summed E-state index contributed by atoms with van der Waals surface area (Å²) in [6.07, 6.45) is 1.91. The molecule has 0 saturated carbocycles. The van der Waals surface area contributed by atoms with Crippen molar-refractivity contribution in [3.05, 3.63) is 33.8 Å². The molecule has 0 amide bonds. The molecule has 170 valence electrons. The average molecular weight is 448 g/mol. The number of aromatic nitrogens is 1. The Bertz CT molecular complexity index is 853. The summed E-state index contributed by atoms with van der Waals surface area (Å²) in [5.74, 6) is 2.97. The van der Waals surface area contributed by atoms with E-state index in [1.165, 1.54) is 4.88 Å². The van der Waals surface area contributed by atoms with Crippen LogP contribution in [0.2, 0.25) is 0 Å². The third-order valence-electron chi connectivity index (χ3n) is 5.17. The number of ether oxygens (including phenoxy) is 3. The van der Waals surface area contributed by atoms with Crippen molar-refractivity contribution in [1.29, 1.82) is 0 Å². The van der Waals surface area contributed by atoms with E-state index in [2.05, 4.69) is 33.9 Å². The van der Waals surface area contributed by atoms with Crippen molar-refractivity contribution in [2.45, 2.75) is 26.9 Å². The first-order chi connectivity index (χ1) is 15.1. The van der Waals surface area contributed by atoms with Crippen LogP contribution in [0.4, 0.5) is 0 Å². The maximum Gasteiger partial charge on any atom is 0.203 e. The number of nitrogens with one attached hydrogen (secondary N) is 1. The Hall–Kier alpha value is -2.52. The number of methoxy groups -OCH3 is 3. The minimum Gasteiger partial charge on any atom is -0.493 e. The number of benzene rings is 1. The molecule has 0 radical (unpaired) electrons. The first-order valence-electron chi connectivity index (χ1n) is 10.5. The van der Waals surface area contributed by atoms with E-state index in [1.54, 1.807) is 32.7 Å². The van der Waals surface area contributed by atoms with Gasteiger partial charge in [-0.1, -0.05) is 0 Å². The molecule has 0 atom stereocenters. The predicted molar refractivity (Wildman–Crippen MR) is 125 cm³/mol. The van der Waals surface area contributed by atoms with E-state index < -0.39 is 0 Å². The van der Waals surface area contributed by atoms with Gasteiger partial charge in [0.2, 0.25) is 5.75 Å². The summed E-state index contributed by atoms with van der Waals surface area (Å²) in [5.41, 5.74) is 1.14. The van der Waals surface area contributed by atoms with Crippen molar-refractivity contribution in [3.8, 4) is 17.2 Å². The summed E-state index contributed by atoms with van der Waals surface area (Å²) >= 11 is 1.70. The van der Waals surface area contributed by atoms with E-state index in [4.69, 9.17) is 19.2 Å². The van der Waals surface area contributed by atoms with Gasteiger partial charge in [0.05, 0.1) is 27.9 Å². The second kappa shape index (κ2) is 11.2. The number of rotatable bonds is 8. The standard InChI is InChI=1S/C22H33N5O3S/c1-6-23-22(25-14-20-24-13-16(2)31-20)27-9-7-26(8-10-27)15-17-11-18(28-3)21(30-5)19(12-17)29-4/h11-13H,6-10,14-15H2,1-5H3,(H,23,25). The molecule has 8 nitrogen and oxygen atoms in total. The lowest BCUT2D eigenvalue weighted by molar-refractivity contribution is 0.172. The van der Waals surface area contributed by atoms with Crippen LogP contribution in [0.5, 0.6) is 17.2 Å². The van der Waals surface area contributed by atoms with Crippen LogP contribution in [0.25, 0.3) is 0 Å². The molecule has 1 aromatic heterocycles. The molecule has 0 spiro atoms. The van der Waals surface area contributed by atoms with E-state index in [0.717, 1.165) is 55.8 Å². The highest BCUT2D eigenvalue weighted by Gasteiger charge is 2.21. The van der Waals surface area contributed by atoms with Crippen LogP contribution < -0.4 is 19.5 Å². The molecule has 3 rings (SSSR count). The molecule has 0 aliphatic carbocycles. The number of hydrogen-bond donors (Lipinski definition) is 1. The topological polar surface area (TPSA) is 71.5 Å². The lowest BCUT2D eigenvalue weighted by atomic mass is 10.1. The normalized spacial score (nSPS) is 15.1. The Morgan fingerprint density at radius 1 is 1.10 bits per heavy atom. The van der Waals surface area contributed by atoms with Gasteiger partial charge in [0, 0.05) is 50.3 Å². The highest BCUT2D eigenvalue weighted by molar-refractivity contribution is 7.11. The number of guanidine groups is 1. The van der Waals surface area contributed by atoms with E-state index in [-0.39, 0.29) is 0 Å². The van der Waals surface area contributed by atoms with Gasteiger partial charge in [-0.2, -0.15) is 0 Å². The molecule has 2 aromatic rings. The number of aryl methyl sites for hydroxylation is 1. The third kappa shape index (κ3) is 6.01. The molecule has 2 heterocycles. The second-order valence-electron chi connectivity index (χ2n) is 7.33. The van der Waals surface area contributed by atoms with Gasteiger partial charge in [0.15, 0.2) is 17.5 Å². The molecule has 1 aromatic carbocycles. The molecule has 1 aliphatic rings. The summed E-state index contributed by atoms with van der Waals surface area (Å²) in [4.78, 5) is 15.2. The van der Waals surface area contributed by atoms with Gasteiger partial charge in [-0.3, -0.25) is 4.90 Å². The lowest BCUT2D eigenvalue weighted by Crippen LogP contribution is -2.52. The van der Waals surface area contributed by atoms with E-state index in [9.17, 15) is 0 Å². The molecule has 31 heavy (non-hydrogen) atoms. The zero-order valence-corrected chi connectivity index (χ0v) is 19.9. The van der Waals surface area contributed by atoms with Gasteiger partial charge in [0.25, 0.3) is 0 Å². The first kappa shape index (κ1) is 23.1. The molecular weight excluding hydrogens is 414 g/mol. The summed E-state index contributed by atoms with van der Waals surface area (Å²) < 4.78 is 16.4. The van der Waals surface area contributed by atoms with Gasteiger partial charge in [-0.15, -0.1) is 11.3 Å². The number of aliphatic imine (C=N–C) groups is 1. The fourth-order valence-electron chi connectivity index (χ4n) is 3.65. The predicted octanol–water partition coefficient (Wildman–Crippen LogP) is 2.76. The van der Waals surface area contributed by atoms with Crippen LogP contribution in [0.3, 0.4) is 0 Å². The lowest BCUT2D eigenvalue weighted by Gasteiger charge is -2.36. The van der Waals surface area contributed by atoms with Crippen molar-refractivity contribution < 1.29 is 14.2 Å². The van der Waals surface area contributed by atoms with Crippen molar-refractivity contribution >= 4 is 17.3 Å². The van der Waals surface area contributed by atoms with Crippen LogP contribution in [-0.4, -0.2) is 74.8 Å². The van der Waals surface area contributed by atoms with E-state index >= 15 is 0 Å². The van der Waals surface area contributed by atoms with Crippen molar-refractivity contribution in [1.82, 2.24) is 20.1 Å². The van der Waals surface area contributed by atoms with Gasteiger partial charge >= 0.3 is 0 Å². The Morgan fingerprint density at radius 2 is 1.77 bits per heavy atom. The molecule has 0 unspecified atom stereocenters. The first-order valence-corrected chi connectivity index (χ1v) is 11.3. The van der Waals surface area contributed by atoms with Crippen LogP contribution in [0.15, 0.2) is 23.3 Å². The smallest absolute Gasteiger partial charge is 0.203 e. The van der Waals surface area contributed by atoms with Gasteiger partial charge in [-0.25, -0.2) is 9.98 Å². The molecule has 1 fully saturated rings. The fraction of sp³-hybridized carbons (Fsp3) is 0.545. The zero-order chi connectivity index (χ0) is 22.2. The Kier molecular flexibility index (Phi) is 8.36. The molecule has 1 N–H and O–H groups in total. The van der Waals surface area contributed by atoms with Crippen LogP contribution >= 0.6 is 11.3 Å². The monoisotopic (exact) mass is 447 g/mol. The van der Waals surface area contributed by atoms with E-state index in [1.807, 2.05) is 18.3 Å². The minimum absolute atomic E-state index is 0.618. The van der Waals surface area contributed by atoms with Crippen molar-refractivity contribution in [2.24, 2.45) is 4.99 Å². The summed E-state index contributed by atoms with van der Waals surface area (Å²) in [7, 11) is 4.92. The molecule has 0 bridgehead atoms. The zero-order valence-electron chi connectivity index (χ0n) is 19.1.